The van der Waals surface area contributed by atoms with Crippen molar-refractivity contribution in [3.63, 3.8) is 0 Å². The van der Waals surface area contributed by atoms with E-state index in [-0.39, 0.29) is 24.7 Å². The van der Waals surface area contributed by atoms with Crippen LogP contribution in [0.4, 0.5) is 0 Å². The molecule has 0 spiro atoms. The molecule has 7 nitrogen and oxygen atoms in total. The molecule has 1 amide bonds. The lowest BCUT2D eigenvalue weighted by Crippen LogP contribution is -2.50. The van der Waals surface area contributed by atoms with Crippen LogP contribution in [0.2, 0.25) is 0 Å². The Balaban J connectivity index is 1.68. The number of amidine groups is 1. The van der Waals surface area contributed by atoms with Gasteiger partial charge in [0.1, 0.15) is 11.9 Å². The lowest BCUT2D eigenvalue weighted by molar-refractivity contribution is -0.152. The molecule has 2 atom stereocenters. The third-order valence-corrected chi connectivity index (χ3v) is 5.91. The van der Waals surface area contributed by atoms with Crippen molar-refractivity contribution in [2.24, 2.45) is 5.73 Å². The van der Waals surface area contributed by atoms with Gasteiger partial charge in [0.25, 0.3) is 0 Å². The van der Waals surface area contributed by atoms with Crippen LogP contribution in [-0.2, 0) is 29.0 Å². The molecule has 162 valence electrons. The van der Waals surface area contributed by atoms with E-state index in [4.69, 9.17) is 11.1 Å². The molecule has 1 aliphatic rings. The van der Waals surface area contributed by atoms with Gasteiger partial charge in [0.05, 0.1) is 5.92 Å². The topological polar surface area (TPSA) is 120 Å². The van der Waals surface area contributed by atoms with E-state index >= 15 is 0 Å². The summed E-state index contributed by atoms with van der Waals surface area (Å²) < 4.78 is 0. The minimum atomic E-state index is -1.01. The van der Waals surface area contributed by atoms with Crippen molar-refractivity contribution in [2.75, 3.05) is 0 Å². The number of pyridine rings is 1. The molecule has 0 radical (unpaired) electrons. The standard InChI is InChI=1S/C25H24N4O3/c26-23(27)17-9-7-16(8-10-17)12-21(19-6-3-11-28-14-19)24(30)29-15-20-5-2-1-4-18(20)13-22(29)25(31)32/h1-11,14,21-22H,12-13,15H2,(H3,26,27)(H,31,32)/t21-,22?/m0/s1. The van der Waals surface area contributed by atoms with Crippen LogP contribution in [0, 0.1) is 5.41 Å². The van der Waals surface area contributed by atoms with Gasteiger partial charge in [-0.3, -0.25) is 15.2 Å². The van der Waals surface area contributed by atoms with E-state index in [1.807, 2.05) is 42.5 Å². The summed E-state index contributed by atoms with van der Waals surface area (Å²) in [6, 6.07) is 17.5. The van der Waals surface area contributed by atoms with Gasteiger partial charge in [-0.15, -0.1) is 0 Å². The first-order valence-corrected chi connectivity index (χ1v) is 10.4. The van der Waals surface area contributed by atoms with Crippen LogP contribution in [0.25, 0.3) is 0 Å². The molecule has 0 saturated heterocycles. The molecular formula is C25H24N4O3. The number of hydrogen-bond acceptors (Lipinski definition) is 4. The number of carboxylic acid groups (broad SMARTS) is 1. The van der Waals surface area contributed by atoms with Crippen molar-refractivity contribution in [3.05, 3.63) is 101 Å². The number of nitrogens with one attached hydrogen (secondary N) is 1. The Morgan fingerprint density at radius 2 is 1.81 bits per heavy atom. The van der Waals surface area contributed by atoms with Crippen LogP contribution in [0.5, 0.6) is 0 Å². The molecule has 4 rings (SSSR count). The van der Waals surface area contributed by atoms with Crippen LogP contribution in [0.15, 0.2) is 73.1 Å². The Labute approximate surface area is 186 Å². The summed E-state index contributed by atoms with van der Waals surface area (Å²) in [6.07, 6.45) is 3.96. The van der Waals surface area contributed by atoms with E-state index in [2.05, 4.69) is 4.98 Å². The van der Waals surface area contributed by atoms with Crippen molar-refractivity contribution in [1.29, 1.82) is 5.41 Å². The average Bonchev–Trinajstić information content (AvgIpc) is 2.82. The first kappa shape index (κ1) is 21.2. The number of aromatic nitrogens is 1. The Morgan fingerprint density at radius 1 is 1.09 bits per heavy atom. The maximum Gasteiger partial charge on any atom is 0.326 e. The van der Waals surface area contributed by atoms with Crippen molar-refractivity contribution in [1.82, 2.24) is 9.88 Å². The van der Waals surface area contributed by atoms with Crippen LogP contribution >= 0.6 is 0 Å². The molecule has 0 saturated carbocycles. The smallest absolute Gasteiger partial charge is 0.326 e. The zero-order valence-electron chi connectivity index (χ0n) is 17.4. The number of amides is 1. The highest BCUT2D eigenvalue weighted by Gasteiger charge is 2.38. The van der Waals surface area contributed by atoms with Crippen LogP contribution in [-0.4, -0.2) is 38.7 Å². The largest absolute Gasteiger partial charge is 0.480 e. The molecule has 1 unspecified atom stereocenters. The predicted molar refractivity (Wildman–Crippen MR) is 120 cm³/mol. The number of aliphatic carboxylic acids is 1. The molecule has 3 aromatic rings. The number of carbonyl (C=O) groups excluding carboxylic acids is 1. The number of nitrogens with zero attached hydrogens (tertiary/aromatic N) is 2. The third kappa shape index (κ3) is 4.37. The maximum absolute atomic E-state index is 13.8. The van der Waals surface area contributed by atoms with E-state index in [0.29, 0.717) is 12.0 Å². The number of benzene rings is 2. The van der Waals surface area contributed by atoms with Crippen LogP contribution in [0.3, 0.4) is 0 Å². The first-order valence-electron chi connectivity index (χ1n) is 10.4. The highest BCUT2D eigenvalue weighted by Crippen LogP contribution is 2.30. The molecule has 1 aliphatic heterocycles. The Kier molecular flexibility index (Phi) is 5.98. The van der Waals surface area contributed by atoms with E-state index < -0.39 is 17.9 Å². The van der Waals surface area contributed by atoms with Crippen molar-refractivity contribution in [2.45, 2.75) is 31.3 Å². The highest BCUT2D eigenvalue weighted by atomic mass is 16.4. The van der Waals surface area contributed by atoms with Gasteiger partial charge in [-0.25, -0.2) is 4.79 Å². The Bertz CT molecular complexity index is 1150. The van der Waals surface area contributed by atoms with Gasteiger partial charge >= 0.3 is 5.97 Å². The van der Waals surface area contributed by atoms with Gasteiger partial charge in [0.15, 0.2) is 0 Å². The van der Waals surface area contributed by atoms with Gasteiger partial charge in [0, 0.05) is 30.9 Å². The number of carboxylic acids is 1. The second-order valence-electron chi connectivity index (χ2n) is 7.95. The van der Waals surface area contributed by atoms with E-state index in [1.54, 1.807) is 30.6 Å². The molecular weight excluding hydrogens is 404 g/mol. The van der Waals surface area contributed by atoms with E-state index in [0.717, 1.165) is 22.3 Å². The van der Waals surface area contributed by atoms with Gasteiger partial charge < -0.3 is 15.7 Å². The first-order chi connectivity index (χ1) is 15.4. The fourth-order valence-corrected chi connectivity index (χ4v) is 4.16. The fraction of sp³-hybridized carbons (Fsp3) is 0.200. The molecule has 7 heteroatoms. The number of nitrogen functional groups attached to an aromatic ring is 1. The van der Waals surface area contributed by atoms with E-state index in [9.17, 15) is 14.7 Å². The zero-order valence-corrected chi connectivity index (χ0v) is 17.4. The summed E-state index contributed by atoms with van der Waals surface area (Å²) in [5.41, 5.74) is 9.70. The van der Waals surface area contributed by atoms with Crippen LogP contribution in [0.1, 0.15) is 33.7 Å². The lowest BCUT2D eigenvalue weighted by Gasteiger charge is -2.36. The normalized spacial score (nSPS) is 16.1. The fourth-order valence-electron chi connectivity index (χ4n) is 4.16. The molecule has 1 aromatic heterocycles. The Morgan fingerprint density at radius 3 is 2.44 bits per heavy atom. The molecule has 2 heterocycles. The average molecular weight is 428 g/mol. The summed E-state index contributed by atoms with van der Waals surface area (Å²) >= 11 is 0. The monoisotopic (exact) mass is 428 g/mol. The Hall–Kier alpha value is -4.00. The third-order valence-electron chi connectivity index (χ3n) is 5.91. The SMILES string of the molecule is N=C(N)c1ccc(C[C@H](C(=O)N2Cc3ccccc3CC2C(=O)O)c2cccnc2)cc1. The summed E-state index contributed by atoms with van der Waals surface area (Å²) in [7, 11) is 0. The minimum Gasteiger partial charge on any atom is -0.480 e. The second-order valence-corrected chi connectivity index (χ2v) is 7.95. The van der Waals surface area contributed by atoms with Gasteiger partial charge in [-0.1, -0.05) is 54.6 Å². The zero-order chi connectivity index (χ0) is 22.7. The summed E-state index contributed by atoms with van der Waals surface area (Å²) in [4.78, 5) is 31.5. The van der Waals surface area contributed by atoms with Crippen molar-refractivity contribution >= 4 is 17.7 Å². The van der Waals surface area contributed by atoms with E-state index in [1.165, 1.54) is 4.90 Å². The summed E-state index contributed by atoms with van der Waals surface area (Å²) in [5.74, 6) is -1.86. The number of nitrogens with two attached hydrogens (primary N) is 1. The highest BCUT2D eigenvalue weighted by molar-refractivity contribution is 5.95. The number of rotatable bonds is 6. The molecule has 32 heavy (non-hydrogen) atoms. The van der Waals surface area contributed by atoms with Gasteiger partial charge in [-0.2, -0.15) is 0 Å². The molecule has 0 aliphatic carbocycles. The van der Waals surface area contributed by atoms with Crippen LogP contribution < -0.4 is 5.73 Å². The maximum atomic E-state index is 13.8. The molecule has 2 aromatic carbocycles. The van der Waals surface area contributed by atoms with Crippen molar-refractivity contribution in [3.8, 4) is 0 Å². The second kappa shape index (κ2) is 9.01. The number of hydrogen-bond donors (Lipinski definition) is 3. The van der Waals surface area contributed by atoms with Gasteiger partial charge in [0.2, 0.25) is 5.91 Å². The molecule has 0 fully saturated rings. The summed E-state index contributed by atoms with van der Waals surface area (Å²) in [5, 5.41) is 17.4. The number of fused-ring (bicyclic) bond motifs is 1. The lowest BCUT2D eigenvalue weighted by atomic mass is 9.88. The molecule has 0 bridgehead atoms. The quantitative estimate of drug-likeness (QED) is 0.412. The predicted octanol–water partition coefficient (Wildman–Crippen LogP) is 2.73. The molecule has 4 N–H and O–H groups in total. The summed E-state index contributed by atoms with van der Waals surface area (Å²) in [6.45, 7) is 0.256. The minimum absolute atomic E-state index is 0.0206. The van der Waals surface area contributed by atoms with Gasteiger partial charge in [-0.05, 0) is 34.7 Å². The van der Waals surface area contributed by atoms with Crippen molar-refractivity contribution < 1.29 is 14.7 Å². The number of carbonyl (C=O) groups is 2.